The van der Waals surface area contributed by atoms with Crippen LogP contribution in [0.25, 0.3) is 10.9 Å². The molecule has 0 spiro atoms. The summed E-state index contributed by atoms with van der Waals surface area (Å²) in [5, 5.41) is 19.0. The maximum absolute atomic E-state index is 8.68. The van der Waals surface area contributed by atoms with E-state index in [-0.39, 0.29) is 16.2 Å². The lowest BCUT2D eigenvalue weighted by Gasteiger charge is -2.19. The molecule has 4 aromatic carbocycles. The largest absolute Gasteiger partial charge is 0.497 e. The van der Waals surface area contributed by atoms with Gasteiger partial charge in [-0.05, 0) is 148 Å². The van der Waals surface area contributed by atoms with E-state index in [1.807, 2.05) is 72.9 Å². The van der Waals surface area contributed by atoms with E-state index < -0.39 is 8.07 Å². The van der Waals surface area contributed by atoms with Gasteiger partial charge in [-0.25, -0.2) is 0 Å². The van der Waals surface area contributed by atoms with E-state index in [4.69, 9.17) is 14.7 Å². The Labute approximate surface area is 458 Å². The molecule has 0 unspecified atom stereocenters. The summed E-state index contributed by atoms with van der Waals surface area (Å²) in [4.78, 5) is 0. The van der Waals surface area contributed by atoms with Crippen molar-refractivity contribution in [1.29, 1.82) is 5.26 Å². The molecule has 7 nitrogen and oxygen atoms in total. The maximum Gasteiger partial charge on any atom is 0.129 e. The predicted molar refractivity (Wildman–Crippen MR) is 325 cm³/mol. The number of methoxy groups -OCH3 is 2. The zero-order valence-electron chi connectivity index (χ0n) is 50.9. The average molecular weight is 1030 g/mol. The molecule has 2 heterocycles. The fraction of sp³-hybridized carbons (Fsp3) is 0.507. The highest BCUT2D eigenvalue weighted by molar-refractivity contribution is 6.83. The molecule has 75 heavy (non-hydrogen) atoms. The van der Waals surface area contributed by atoms with Crippen LogP contribution in [0, 0.1) is 46.0 Å². The van der Waals surface area contributed by atoms with Crippen molar-refractivity contribution in [3.63, 3.8) is 0 Å². The second kappa shape index (κ2) is 29.9. The predicted octanol–water partition coefficient (Wildman–Crippen LogP) is 17.6. The SMILES string of the molecule is CC(C)(C)C#Cc1ccccc1.CC(C)(C)c1cccc(C#N)c1.CC(C)C#C[Si](C)(C)C.CC(C)c1ccc2c(cnn2C(C)C)c1.COc1cc(OC)cc(C(C)C)c1.Cn1nc(C(C)(C)C)c2c1CCCC2. The monoisotopic (exact) mass is 1030 g/mol. The Hall–Kier alpha value is -6.01. The second-order valence-corrected chi connectivity index (χ2v) is 29.5. The van der Waals surface area contributed by atoms with Gasteiger partial charge in [0.1, 0.15) is 19.6 Å². The molecule has 0 bridgehead atoms. The van der Waals surface area contributed by atoms with Gasteiger partial charge in [-0.3, -0.25) is 9.36 Å². The van der Waals surface area contributed by atoms with Crippen molar-refractivity contribution < 1.29 is 9.47 Å². The van der Waals surface area contributed by atoms with E-state index in [9.17, 15) is 0 Å². The molecule has 0 aliphatic heterocycles. The third-order valence-corrected chi connectivity index (χ3v) is 12.7. The number of nitriles is 1. The molecule has 6 aromatic rings. The molecule has 0 N–H and O–H groups in total. The molecule has 0 radical (unpaired) electrons. The topological polar surface area (TPSA) is 77.9 Å². The molecule has 1 aliphatic rings. The second-order valence-electron chi connectivity index (χ2n) is 24.8. The van der Waals surface area contributed by atoms with Crippen molar-refractivity contribution in [1.82, 2.24) is 19.6 Å². The number of nitrogens with zero attached hydrogens (tertiary/aromatic N) is 5. The lowest BCUT2D eigenvalue weighted by atomic mass is 9.85. The minimum Gasteiger partial charge on any atom is -0.497 e. The molecule has 7 rings (SSSR count). The molecule has 0 saturated heterocycles. The number of ether oxygens (including phenoxy) is 2. The van der Waals surface area contributed by atoms with Crippen molar-refractivity contribution in [2.45, 2.75) is 192 Å². The summed E-state index contributed by atoms with van der Waals surface area (Å²) in [5.74, 6) is 12.8. The fourth-order valence-corrected chi connectivity index (χ4v) is 8.30. The van der Waals surface area contributed by atoms with Crippen molar-refractivity contribution in [3.05, 3.63) is 142 Å². The van der Waals surface area contributed by atoms with Crippen LogP contribution >= 0.6 is 0 Å². The number of aromatic nitrogens is 4. The normalized spacial score (nSPS) is 12.0. The first-order valence-corrected chi connectivity index (χ1v) is 30.7. The van der Waals surface area contributed by atoms with Crippen LogP contribution < -0.4 is 9.47 Å². The van der Waals surface area contributed by atoms with Gasteiger partial charge in [0.15, 0.2) is 0 Å². The third-order valence-electron chi connectivity index (χ3n) is 11.8. The number of hydrogen-bond donors (Lipinski definition) is 0. The molecular formula is C67H97N5O2Si. The molecule has 1 aliphatic carbocycles. The zero-order chi connectivity index (χ0) is 56.9. The Bertz CT molecular complexity index is 2800. The van der Waals surface area contributed by atoms with Crippen molar-refractivity contribution in [3.8, 4) is 40.9 Å². The number of hydrogen-bond acceptors (Lipinski definition) is 5. The minimum atomic E-state index is -1.08. The highest BCUT2D eigenvalue weighted by atomic mass is 28.3. The number of aryl methyl sites for hydroxylation is 1. The Morgan fingerprint density at radius 1 is 0.653 bits per heavy atom. The molecule has 0 atom stereocenters. The van der Waals surface area contributed by atoms with Crippen LogP contribution in [0.4, 0.5) is 0 Å². The zero-order valence-corrected chi connectivity index (χ0v) is 51.9. The molecule has 0 amide bonds. The quantitative estimate of drug-likeness (QED) is 0.127. The van der Waals surface area contributed by atoms with Crippen LogP contribution in [0.5, 0.6) is 11.5 Å². The van der Waals surface area contributed by atoms with Gasteiger partial charge in [0.2, 0.25) is 0 Å². The van der Waals surface area contributed by atoms with E-state index in [2.05, 4.69) is 218 Å². The summed E-state index contributed by atoms with van der Waals surface area (Å²) in [6, 6.07) is 33.0. The van der Waals surface area contributed by atoms with Crippen molar-refractivity contribution in [2.75, 3.05) is 14.2 Å². The van der Waals surface area contributed by atoms with Crippen LogP contribution in [0.3, 0.4) is 0 Å². The Kier molecular flexibility index (Phi) is 26.0. The number of benzene rings is 4. The number of fused-ring (bicyclic) bond motifs is 2. The summed E-state index contributed by atoms with van der Waals surface area (Å²) in [5.41, 5.74) is 14.9. The highest BCUT2D eigenvalue weighted by Gasteiger charge is 2.27. The van der Waals surface area contributed by atoms with Gasteiger partial charge in [-0.15, -0.1) is 11.5 Å². The van der Waals surface area contributed by atoms with Crippen LogP contribution in [0.2, 0.25) is 19.6 Å². The maximum atomic E-state index is 8.68. The fourth-order valence-electron chi connectivity index (χ4n) is 7.58. The lowest BCUT2D eigenvalue weighted by molar-refractivity contribution is 0.393. The van der Waals surface area contributed by atoms with Gasteiger partial charge in [0.05, 0.1) is 43.3 Å². The Morgan fingerprint density at radius 3 is 1.69 bits per heavy atom. The standard InChI is InChI=1S/C13H18N2.C12H20N2.C12H14.C11H13N.C11H16O2.C8H16Si/c1-9(2)11-5-6-13-12(7-11)8-14-15(13)10(3)4;1-12(2,3)11-9-7-5-6-8-10(9)14(4)13-11;1-12(2,3)10-9-11-7-5-4-6-8-11;1-11(2,3)10-6-4-5-9(7-10)8-12;1-8(2)9-5-10(12-3)7-11(6-9)13-4;1-8(2)6-7-9(3,4)5/h5-10H,1-4H3;5-8H2,1-4H3;4-8H,1-3H3;4-7H,1-3H3;5-8H,1-4H3;8H,1-5H3. The minimum absolute atomic E-state index is 0.0931. The average Bonchev–Trinajstić information content (AvgIpc) is 3.94. The van der Waals surface area contributed by atoms with E-state index in [1.54, 1.807) is 14.2 Å². The van der Waals surface area contributed by atoms with E-state index in [0.29, 0.717) is 23.8 Å². The summed E-state index contributed by atoms with van der Waals surface area (Å²) in [7, 11) is 4.33. The van der Waals surface area contributed by atoms with Crippen LogP contribution in [-0.4, -0.2) is 41.9 Å². The molecule has 8 heteroatoms. The first-order chi connectivity index (χ1) is 34.8. The summed E-state index contributed by atoms with van der Waals surface area (Å²) in [6.07, 6.45) is 7.07. The van der Waals surface area contributed by atoms with Gasteiger partial charge in [-0.1, -0.05) is 151 Å². The van der Waals surface area contributed by atoms with Gasteiger partial charge in [0.25, 0.3) is 0 Å². The van der Waals surface area contributed by atoms with E-state index in [0.717, 1.165) is 22.6 Å². The molecule has 406 valence electrons. The molecule has 0 saturated carbocycles. The van der Waals surface area contributed by atoms with E-state index in [1.165, 1.54) is 70.2 Å². The first-order valence-electron chi connectivity index (χ1n) is 27.2. The lowest BCUT2D eigenvalue weighted by Crippen LogP contribution is -2.16. The summed E-state index contributed by atoms with van der Waals surface area (Å²) in [6.45, 7) is 43.6. The third kappa shape index (κ3) is 24.0. The summed E-state index contributed by atoms with van der Waals surface area (Å²) < 4.78 is 14.5. The van der Waals surface area contributed by atoms with Gasteiger partial charge >= 0.3 is 0 Å². The molecule has 2 aromatic heterocycles. The Balaban J connectivity index is 0.000000310. The van der Waals surface area contributed by atoms with Gasteiger partial charge < -0.3 is 9.47 Å². The molecule has 0 fully saturated rings. The van der Waals surface area contributed by atoms with Gasteiger partial charge in [0, 0.05) is 52.5 Å². The molecular weight excluding hydrogens is 935 g/mol. The Morgan fingerprint density at radius 2 is 1.23 bits per heavy atom. The smallest absolute Gasteiger partial charge is 0.129 e. The highest BCUT2D eigenvalue weighted by Crippen LogP contribution is 2.32. The van der Waals surface area contributed by atoms with Crippen LogP contribution in [0.15, 0.2) is 97.2 Å². The van der Waals surface area contributed by atoms with Crippen molar-refractivity contribution >= 4 is 19.0 Å². The first kappa shape index (κ1) is 65.1. The van der Waals surface area contributed by atoms with Crippen LogP contribution in [0.1, 0.15) is 193 Å². The van der Waals surface area contributed by atoms with Crippen LogP contribution in [-0.2, 0) is 30.7 Å². The van der Waals surface area contributed by atoms with Crippen molar-refractivity contribution in [2.24, 2.45) is 18.4 Å². The van der Waals surface area contributed by atoms with E-state index >= 15 is 0 Å². The summed E-state index contributed by atoms with van der Waals surface area (Å²) >= 11 is 0. The van der Waals surface area contributed by atoms with Gasteiger partial charge in [-0.2, -0.15) is 15.5 Å². The number of rotatable bonds is 5.